The second-order valence-corrected chi connectivity index (χ2v) is 8.80. The van der Waals surface area contributed by atoms with Gasteiger partial charge in [0.2, 0.25) is 10.0 Å². The quantitative estimate of drug-likeness (QED) is 0.576. The predicted molar refractivity (Wildman–Crippen MR) is 85.4 cm³/mol. The molecule has 0 aliphatic rings. The Balaban J connectivity index is 2.59. The Morgan fingerprint density at radius 2 is 1.68 bits per heavy atom. The summed E-state index contributed by atoms with van der Waals surface area (Å²) in [7, 11) is -4.87. The van der Waals surface area contributed by atoms with E-state index in [9.17, 15) is 16.8 Å². The topological polar surface area (TPSA) is 102 Å². The van der Waals surface area contributed by atoms with Crippen LogP contribution in [-0.2, 0) is 19.9 Å². The minimum atomic E-state index is -3.54. The number of benzene rings is 1. The van der Waals surface area contributed by atoms with Gasteiger partial charge in [0.25, 0.3) is 0 Å². The van der Waals surface area contributed by atoms with Crippen molar-refractivity contribution in [3.05, 3.63) is 24.3 Å². The van der Waals surface area contributed by atoms with Gasteiger partial charge in [-0.3, -0.25) is 0 Å². The fourth-order valence-electron chi connectivity index (χ4n) is 1.54. The third-order valence-electron chi connectivity index (χ3n) is 2.90. The molecule has 0 atom stereocenters. The average molecular weight is 350 g/mol. The van der Waals surface area contributed by atoms with Gasteiger partial charge in [0.15, 0.2) is 9.84 Å². The Bertz CT molecular complexity index is 654. The van der Waals surface area contributed by atoms with E-state index in [4.69, 9.17) is 4.74 Å². The fourth-order valence-corrected chi connectivity index (χ4v) is 3.20. The van der Waals surface area contributed by atoms with E-state index in [1.165, 1.54) is 24.3 Å². The van der Waals surface area contributed by atoms with Crippen LogP contribution >= 0.6 is 0 Å². The molecule has 1 aromatic rings. The van der Waals surface area contributed by atoms with Crippen LogP contribution in [-0.4, -0.2) is 55.1 Å². The summed E-state index contributed by atoms with van der Waals surface area (Å²) in [5.74, 6) is 0.446. The highest BCUT2D eigenvalue weighted by Gasteiger charge is 2.13. The van der Waals surface area contributed by atoms with Gasteiger partial charge in [0.1, 0.15) is 12.4 Å². The van der Waals surface area contributed by atoms with Crippen molar-refractivity contribution >= 4 is 19.9 Å². The van der Waals surface area contributed by atoms with Gasteiger partial charge < -0.3 is 10.1 Å². The zero-order valence-electron chi connectivity index (χ0n) is 12.7. The molecule has 0 saturated carbocycles. The summed E-state index contributed by atoms with van der Waals surface area (Å²) in [4.78, 5) is 0.136. The zero-order valence-corrected chi connectivity index (χ0v) is 14.3. The highest BCUT2D eigenvalue weighted by Crippen LogP contribution is 2.15. The summed E-state index contributed by atoms with van der Waals surface area (Å²) in [5.41, 5.74) is 0. The van der Waals surface area contributed by atoms with Gasteiger partial charge in [-0.1, -0.05) is 6.92 Å². The van der Waals surface area contributed by atoms with E-state index in [1.807, 2.05) is 0 Å². The van der Waals surface area contributed by atoms with Crippen molar-refractivity contribution < 1.29 is 21.6 Å². The molecule has 0 radical (unpaired) electrons. The van der Waals surface area contributed by atoms with Crippen molar-refractivity contribution in [3.63, 3.8) is 0 Å². The molecule has 0 aliphatic heterocycles. The Labute approximate surface area is 132 Å². The van der Waals surface area contributed by atoms with Crippen molar-refractivity contribution in [1.29, 1.82) is 0 Å². The van der Waals surface area contributed by atoms with Gasteiger partial charge >= 0.3 is 0 Å². The lowest BCUT2D eigenvalue weighted by Gasteiger charge is -2.09. The first-order valence-corrected chi connectivity index (χ1v) is 10.2. The molecule has 0 aromatic heterocycles. The average Bonchev–Trinajstić information content (AvgIpc) is 2.48. The summed E-state index contributed by atoms with van der Waals surface area (Å²) in [6, 6.07) is 5.85. The number of sulfone groups is 1. The fraction of sp³-hybridized carbons (Fsp3) is 0.538. The molecular formula is C13H22N2O5S2. The summed E-state index contributed by atoms with van der Waals surface area (Å²) < 4.78 is 54.3. The van der Waals surface area contributed by atoms with Crippen molar-refractivity contribution in [3.8, 4) is 5.75 Å². The number of hydrogen-bond donors (Lipinski definition) is 2. The number of sulfonamides is 1. The molecular weight excluding hydrogens is 328 g/mol. The summed E-state index contributed by atoms with van der Waals surface area (Å²) in [6.07, 6.45) is 0. The maximum Gasteiger partial charge on any atom is 0.240 e. The van der Waals surface area contributed by atoms with Gasteiger partial charge in [-0.25, -0.2) is 21.6 Å². The number of hydrogen-bond acceptors (Lipinski definition) is 6. The molecule has 0 heterocycles. The maximum atomic E-state index is 11.9. The van der Waals surface area contributed by atoms with Crippen LogP contribution in [0.2, 0.25) is 0 Å². The van der Waals surface area contributed by atoms with Crippen LogP contribution in [0.25, 0.3) is 0 Å². The first-order valence-electron chi connectivity index (χ1n) is 6.88. The van der Waals surface area contributed by atoms with Gasteiger partial charge in [0, 0.05) is 18.8 Å². The lowest BCUT2D eigenvalue weighted by atomic mass is 10.3. The minimum Gasteiger partial charge on any atom is -0.493 e. The molecule has 9 heteroatoms. The molecule has 0 bridgehead atoms. The summed E-state index contributed by atoms with van der Waals surface area (Å²) in [6.45, 7) is 2.46. The lowest BCUT2D eigenvalue weighted by molar-refractivity contribution is 0.340. The lowest BCUT2D eigenvalue weighted by Crippen LogP contribution is -2.30. The minimum absolute atomic E-state index is 0.0443. The van der Waals surface area contributed by atoms with Gasteiger partial charge in [-0.2, -0.15) is 0 Å². The van der Waals surface area contributed by atoms with Gasteiger partial charge in [0.05, 0.1) is 10.6 Å². The third-order valence-corrected chi connectivity index (χ3v) is 6.05. The van der Waals surface area contributed by atoms with E-state index in [1.54, 1.807) is 14.0 Å². The molecule has 1 aromatic carbocycles. The Morgan fingerprint density at radius 1 is 1.05 bits per heavy atom. The highest BCUT2D eigenvalue weighted by atomic mass is 32.2. The molecule has 0 unspecified atom stereocenters. The second-order valence-electron chi connectivity index (χ2n) is 4.56. The molecule has 1 rings (SSSR count). The zero-order chi connectivity index (χ0) is 16.6. The van der Waals surface area contributed by atoms with E-state index in [0.29, 0.717) is 18.8 Å². The molecule has 0 fully saturated rings. The van der Waals surface area contributed by atoms with Crippen LogP contribution < -0.4 is 14.8 Å². The Hall–Kier alpha value is -1.16. The van der Waals surface area contributed by atoms with Crippen molar-refractivity contribution in [1.82, 2.24) is 10.0 Å². The Morgan fingerprint density at radius 3 is 2.23 bits per heavy atom. The maximum absolute atomic E-state index is 11.9. The van der Waals surface area contributed by atoms with E-state index >= 15 is 0 Å². The molecule has 2 N–H and O–H groups in total. The number of likely N-dealkylation sites (N-methyl/N-ethyl adjacent to an activating group) is 1. The van der Waals surface area contributed by atoms with Crippen LogP contribution in [0.1, 0.15) is 6.92 Å². The van der Waals surface area contributed by atoms with Gasteiger partial charge in [-0.05, 0) is 31.3 Å². The first kappa shape index (κ1) is 18.9. The number of ether oxygens (including phenoxy) is 1. The molecule has 0 amide bonds. The summed E-state index contributed by atoms with van der Waals surface area (Å²) >= 11 is 0. The van der Waals surface area contributed by atoms with E-state index in [-0.39, 0.29) is 23.0 Å². The number of rotatable bonds is 10. The molecule has 0 aliphatic carbocycles. The van der Waals surface area contributed by atoms with Crippen LogP contribution in [0.3, 0.4) is 0 Å². The molecule has 7 nitrogen and oxygen atoms in total. The normalized spacial score (nSPS) is 12.3. The van der Waals surface area contributed by atoms with Crippen molar-refractivity contribution in [2.24, 2.45) is 0 Å². The predicted octanol–water partition coefficient (Wildman–Crippen LogP) is -0.00220. The van der Waals surface area contributed by atoms with Crippen LogP contribution in [0.4, 0.5) is 0 Å². The second kappa shape index (κ2) is 8.47. The van der Waals surface area contributed by atoms with Crippen molar-refractivity contribution in [2.75, 3.05) is 38.2 Å². The molecule has 0 spiro atoms. The first-order chi connectivity index (χ1) is 10.3. The molecule has 0 saturated heterocycles. The highest BCUT2D eigenvalue weighted by molar-refractivity contribution is 7.91. The largest absolute Gasteiger partial charge is 0.493 e. The van der Waals surface area contributed by atoms with Gasteiger partial charge in [-0.15, -0.1) is 0 Å². The molecule has 22 heavy (non-hydrogen) atoms. The van der Waals surface area contributed by atoms with E-state index in [0.717, 1.165) is 0 Å². The third kappa shape index (κ3) is 6.30. The van der Waals surface area contributed by atoms with E-state index in [2.05, 4.69) is 10.0 Å². The van der Waals surface area contributed by atoms with Crippen LogP contribution in [0.15, 0.2) is 29.2 Å². The SMILES string of the molecule is CCS(=O)(=O)CCOc1ccc(S(=O)(=O)NCCNC)cc1. The molecule has 126 valence electrons. The number of nitrogens with one attached hydrogen (secondary N) is 2. The van der Waals surface area contributed by atoms with Crippen LogP contribution in [0.5, 0.6) is 5.75 Å². The standard InChI is InChI=1S/C13H22N2O5S2/c1-3-21(16,17)11-10-20-12-4-6-13(7-5-12)22(18,19)15-9-8-14-2/h4-7,14-15H,3,8-11H2,1-2H3. The van der Waals surface area contributed by atoms with Crippen LogP contribution in [0, 0.1) is 0 Å². The van der Waals surface area contributed by atoms with E-state index < -0.39 is 19.9 Å². The Kier molecular flexibility index (Phi) is 7.27. The monoisotopic (exact) mass is 350 g/mol. The van der Waals surface area contributed by atoms with Crippen molar-refractivity contribution in [2.45, 2.75) is 11.8 Å². The smallest absolute Gasteiger partial charge is 0.240 e. The summed E-state index contributed by atoms with van der Waals surface area (Å²) in [5, 5.41) is 2.84.